The molecular weight excluding hydrogens is 162 g/mol. The molecule has 0 atom stereocenters. The van der Waals surface area contributed by atoms with Gasteiger partial charge < -0.3 is 9.59 Å². The van der Waals surface area contributed by atoms with Crippen molar-refractivity contribution >= 4 is 0 Å². The normalized spacial score (nSPS) is 10.6. The van der Waals surface area contributed by atoms with Crippen LogP contribution in [-0.4, -0.2) is 39.3 Å². The van der Waals surface area contributed by atoms with Crippen LogP contribution in [-0.2, 0) is 0 Å². The van der Waals surface area contributed by atoms with E-state index in [1.807, 2.05) is 0 Å². The molecule has 0 saturated carbocycles. The van der Waals surface area contributed by atoms with Crippen LogP contribution in [0.2, 0.25) is 0 Å². The quantitative estimate of drug-likeness (QED) is 0.460. The summed E-state index contributed by atoms with van der Waals surface area (Å²) in [5, 5.41) is 8.25. The molecule has 0 unspecified atom stereocenters. The minimum Gasteiger partial charge on any atom is -0.857 e. The van der Waals surface area contributed by atoms with Crippen LogP contribution in [0.5, 0.6) is 0 Å². The lowest BCUT2D eigenvalue weighted by atomic mass is 10.1. The summed E-state index contributed by atoms with van der Waals surface area (Å²) in [6, 6.07) is 0. The minimum atomic E-state index is 0.750. The van der Waals surface area contributed by atoms with Gasteiger partial charge in [0.15, 0.2) is 0 Å². The maximum atomic E-state index is 8.25. The van der Waals surface area contributed by atoms with E-state index in [-0.39, 0.29) is 0 Å². The molecule has 0 amide bonds. The largest absolute Gasteiger partial charge is 0.857 e. The van der Waals surface area contributed by atoms with E-state index < -0.39 is 0 Å². The number of nitrogens with zero attached hydrogens (tertiary/aromatic N) is 1. The third-order valence-electron chi connectivity index (χ3n) is 1.93. The van der Waals surface area contributed by atoms with E-state index in [0.717, 1.165) is 11.6 Å². The van der Waals surface area contributed by atoms with E-state index in [2.05, 4.69) is 28.1 Å². The maximum absolute atomic E-state index is 8.25. The molecule has 82 valence electrons. The monoisotopic (exact) mass is 189 g/mol. The Hall–Kier alpha value is -0.0800. The molecule has 0 N–H and O–H groups in total. The van der Waals surface area contributed by atoms with Crippen molar-refractivity contribution < 1.29 is 9.59 Å². The molecule has 0 rings (SSSR count). The first-order chi connectivity index (χ1) is 6.06. The summed E-state index contributed by atoms with van der Waals surface area (Å²) in [6.07, 6.45) is 7.00. The van der Waals surface area contributed by atoms with Gasteiger partial charge in [0.25, 0.3) is 0 Å². The van der Waals surface area contributed by atoms with E-state index >= 15 is 0 Å². The zero-order valence-corrected chi connectivity index (χ0v) is 10.1. The highest BCUT2D eigenvalue weighted by Gasteiger charge is 2.04. The second-order valence-electron chi connectivity index (χ2n) is 4.43. The molecule has 0 fully saturated rings. The Labute approximate surface area is 84.2 Å². The summed E-state index contributed by atoms with van der Waals surface area (Å²) in [5.74, 6) is 0. The van der Waals surface area contributed by atoms with Crippen LogP contribution in [0.25, 0.3) is 0 Å². The Bertz CT molecular complexity index is 86.6. The molecule has 0 saturated heterocycles. The standard InChI is InChI=1S/C10H24N.CH3O/c1-5-6-7-8-9-10-11(2,3)4;1-2/h5-10H2,1-4H3;1H3/q+1;-1. The highest BCUT2D eigenvalue weighted by Crippen LogP contribution is 2.04. The molecule has 0 aromatic rings. The van der Waals surface area contributed by atoms with Crippen molar-refractivity contribution in [3.63, 3.8) is 0 Å². The van der Waals surface area contributed by atoms with Gasteiger partial charge in [0.05, 0.1) is 27.7 Å². The Morgan fingerprint density at radius 2 is 1.31 bits per heavy atom. The molecule has 13 heavy (non-hydrogen) atoms. The van der Waals surface area contributed by atoms with Crippen LogP contribution in [0.3, 0.4) is 0 Å². The lowest BCUT2D eigenvalue weighted by Gasteiger charge is -2.23. The van der Waals surface area contributed by atoms with Crippen LogP contribution in [0.15, 0.2) is 0 Å². The van der Waals surface area contributed by atoms with Crippen molar-refractivity contribution in [3.05, 3.63) is 0 Å². The van der Waals surface area contributed by atoms with Gasteiger partial charge in [-0.2, -0.15) is 7.11 Å². The van der Waals surface area contributed by atoms with E-state index in [1.165, 1.54) is 38.6 Å². The highest BCUT2D eigenvalue weighted by atomic mass is 16.2. The molecule has 2 nitrogen and oxygen atoms in total. The van der Waals surface area contributed by atoms with Crippen LogP contribution in [0, 0.1) is 0 Å². The van der Waals surface area contributed by atoms with Crippen LogP contribution < -0.4 is 5.11 Å². The molecule has 0 aromatic heterocycles. The summed E-state index contributed by atoms with van der Waals surface area (Å²) in [7, 11) is 7.54. The molecule has 0 aliphatic rings. The zero-order chi connectivity index (χ0) is 10.7. The first kappa shape index (κ1) is 15.4. The first-order valence-electron chi connectivity index (χ1n) is 5.27. The number of quaternary nitrogens is 1. The van der Waals surface area contributed by atoms with Gasteiger partial charge >= 0.3 is 0 Å². The summed E-state index contributed by atoms with van der Waals surface area (Å²) >= 11 is 0. The van der Waals surface area contributed by atoms with Crippen molar-refractivity contribution in [2.75, 3.05) is 34.8 Å². The second-order valence-corrected chi connectivity index (χ2v) is 4.43. The fourth-order valence-electron chi connectivity index (χ4n) is 1.19. The molecule has 0 heterocycles. The summed E-state index contributed by atoms with van der Waals surface area (Å²) in [6.45, 7) is 3.59. The minimum absolute atomic E-state index is 0.750. The summed E-state index contributed by atoms with van der Waals surface area (Å²) in [4.78, 5) is 0. The predicted molar refractivity (Wildman–Crippen MR) is 57.6 cm³/mol. The number of hydrogen-bond acceptors (Lipinski definition) is 1. The number of hydrogen-bond donors (Lipinski definition) is 0. The van der Waals surface area contributed by atoms with Crippen molar-refractivity contribution in [2.45, 2.75) is 39.0 Å². The Morgan fingerprint density at radius 1 is 0.846 bits per heavy atom. The van der Waals surface area contributed by atoms with Gasteiger partial charge in [0, 0.05) is 0 Å². The second kappa shape index (κ2) is 10.0. The first-order valence-corrected chi connectivity index (χ1v) is 5.27. The van der Waals surface area contributed by atoms with Gasteiger partial charge in [0.2, 0.25) is 0 Å². The topological polar surface area (TPSA) is 23.1 Å². The van der Waals surface area contributed by atoms with Gasteiger partial charge in [-0.1, -0.05) is 26.2 Å². The van der Waals surface area contributed by atoms with Gasteiger partial charge in [-0.25, -0.2) is 0 Å². The van der Waals surface area contributed by atoms with Gasteiger partial charge in [-0.05, 0) is 12.8 Å². The number of rotatable bonds is 6. The fraction of sp³-hybridized carbons (Fsp3) is 1.00. The van der Waals surface area contributed by atoms with E-state index in [4.69, 9.17) is 5.11 Å². The average Bonchev–Trinajstić information content (AvgIpc) is 2.06. The Morgan fingerprint density at radius 3 is 1.69 bits per heavy atom. The average molecular weight is 189 g/mol. The molecule has 2 heteroatoms. The van der Waals surface area contributed by atoms with Gasteiger partial charge in [-0.3, -0.25) is 0 Å². The molecule has 0 spiro atoms. The zero-order valence-electron chi connectivity index (χ0n) is 10.1. The van der Waals surface area contributed by atoms with Crippen LogP contribution in [0.4, 0.5) is 0 Å². The molecule has 0 radical (unpaired) electrons. The lowest BCUT2D eigenvalue weighted by Crippen LogP contribution is -2.35. The van der Waals surface area contributed by atoms with E-state index in [0.29, 0.717) is 0 Å². The molecule has 0 bridgehead atoms. The molecule has 0 aromatic carbocycles. The van der Waals surface area contributed by atoms with Crippen molar-refractivity contribution in [2.24, 2.45) is 0 Å². The Kier molecular flexibility index (Phi) is 11.8. The summed E-state index contributed by atoms with van der Waals surface area (Å²) in [5.41, 5.74) is 0. The predicted octanol–water partition coefficient (Wildman–Crippen LogP) is 1.64. The smallest absolute Gasteiger partial charge is 0.0780 e. The van der Waals surface area contributed by atoms with E-state index in [1.54, 1.807) is 0 Å². The highest BCUT2D eigenvalue weighted by molar-refractivity contribution is 4.40. The van der Waals surface area contributed by atoms with E-state index in [9.17, 15) is 0 Å². The van der Waals surface area contributed by atoms with Crippen molar-refractivity contribution in [1.29, 1.82) is 0 Å². The van der Waals surface area contributed by atoms with Gasteiger partial charge in [-0.15, -0.1) is 0 Å². The van der Waals surface area contributed by atoms with Crippen molar-refractivity contribution in [3.8, 4) is 0 Å². The number of unbranched alkanes of at least 4 members (excludes halogenated alkanes) is 4. The van der Waals surface area contributed by atoms with Crippen LogP contribution >= 0.6 is 0 Å². The third-order valence-corrected chi connectivity index (χ3v) is 1.93. The SMILES string of the molecule is CCCCCCC[N+](C)(C)C.C[O-]. The molecule has 0 aliphatic carbocycles. The maximum Gasteiger partial charge on any atom is 0.0780 e. The summed E-state index contributed by atoms with van der Waals surface area (Å²) < 4.78 is 1.12. The lowest BCUT2D eigenvalue weighted by molar-refractivity contribution is -0.870. The molecule has 0 aliphatic heterocycles. The fourth-order valence-corrected chi connectivity index (χ4v) is 1.19. The van der Waals surface area contributed by atoms with Crippen molar-refractivity contribution in [1.82, 2.24) is 0 Å². The Balaban J connectivity index is 0. The molecular formula is C11H27NO. The van der Waals surface area contributed by atoms with Gasteiger partial charge in [0.1, 0.15) is 0 Å². The third kappa shape index (κ3) is 18.7. The van der Waals surface area contributed by atoms with Crippen LogP contribution in [0.1, 0.15) is 39.0 Å².